The average molecular weight is 391 g/mol. The summed E-state index contributed by atoms with van der Waals surface area (Å²) < 4.78 is 35.8. The van der Waals surface area contributed by atoms with Gasteiger partial charge in [0.15, 0.2) is 0 Å². The number of hydrogen-bond donors (Lipinski definition) is 0. The molecule has 0 atom stereocenters. The number of piperazine rings is 1. The number of benzene rings is 1. The van der Waals surface area contributed by atoms with Crippen LogP contribution in [0.1, 0.15) is 5.56 Å². The van der Waals surface area contributed by atoms with Crippen molar-refractivity contribution in [1.82, 2.24) is 23.3 Å². The molecule has 4 rings (SSSR count). The van der Waals surface area contributed by atoms with E-state index in [4.69, 9.17) is 4.74 Å². The van der Waals surface area contributed by atoms with Gasteiger partial charge in [0.25, 0.3) is 10.2 Å². The largest absolute Gasteiger partial charge is 0.379 e. The van der Waals surface area contributed by atoms with Crippen molar-refractivity contribution >= 4 is 10.2 Å². The van der Waals surface area contributed by atoms with Crippen LogP contribution in [0.25, 0.3) is 5.69 Å². The van der Waals surface area contributed by atoms with Gasteiger partial charge in [0.2, 0.25) is 0 Å². The fraction of sp³-hybridized carbons (Fsp3) is 0.500. The molecule has 0 amide bonds. The molecule has 146 valence electrons. The molecule has 0 aliphatic carbocycles. The second-order valence-electron chi connectivity index (χ2n) is 6.77. The van der Waals surface area contributed by atoms with Gasteiger partial charge in [-0.15, -0.1) is 0 Å². The molecule has 0 saturated carbocycles. The highest BCUT2D eigenvalue weighted by atomic mass is 32.2. The molecule has 0 radical (unpaired) electrons. The van der Waals surface area contributed by atoms with E-state index in [9.17, 15) is 8.42 Å². The van der Waals surface area contributed by atoms with Gasteiger partial charge in [-0.1, -0.05) is 18.2 Å². The van der Waals surface area contributed by atoms with Crippen LogP contribution >= 0.6 is 0 Å². The lowest BCUT2D eigenvalue weighted by Crippen LogP contribution is -2.54. The SMILES string of the molecule is O=S(=O)(N1CCOCC1)N1CCN(Cc2ccccc2-n2cccn2)CC1. The number of para-hydroxylation sites is 1. The molecule has 27 heavy (non-hydrogen) atoms. The van der Waals surface area contributed by atoms with Crippen molar-refractivity contribution in [2.45, 2.75) is 6.54 Å². The molecule has 8 nitrogen and oxygen atoms in total. The molecule has 2 saturated heterocycles. The van der Waals surface area contributed by atoms with Crippen molar-refractivity contribution in [1.29, 1.82) is 0 Å². The van der Waals surface area contributed by atoms with Crippen molar-refractivity contribution in [3.05, 3.63) is 48.3 Å². The normalized spacial score (nSPS) is 20.7. The number of nitrogens with zero attached hydrogens (tertiary/aromatic N) is 5. The summed E-state index contributed by atoms with van der Waals surface area (Å²) in [5.41, 5.74) is 2.25. The van der Waals surface area contributed by atoms with Crippen molar-refractivity contribution in [3.63, 3.8) is 0 Å². The Morgan fingerprint density at radius 2 is 1.63 bits per heavy atom. The smallest absolute Gasteiger partial charge is 0.282 e. The minimum Gasteiger partial charge on any atom is -0.379 e. The topological polar surface area (TPSA) is 70.9 Å². The van der Waals surface area contributed by atoms with Crippen LogP contribution in [-0.4, -0.2) is 84.2 Å². The minimum absolute atomic E-state index is 0.444. The maximum atomic E-state index is 12.8. The third-order valence-corrected chi connectivity index (χ3v) is 7.13. The van der Waals surface area contributed by atoms with Gasteiger partial charge >= 0.3 is 0 Å². The zero-order valence-corrected chi connectivity index (χ0v) is 16.1. The Hall–Kier alpha value is -1.78. The second kappa shape index (κ2) is 8.07. The minimum atomic E-state index is -3.38. The number of ether oxygens (including phenoxy) is 1. The van der Waals surface area contributed by atoms with E-state index in [-0.39, 0.29) is 0 Å². The summed E-state index contributed by atoms with van der Waals surface area (Å²) in [6, 6.07) is 10.1. The van der Waals surface area contributed by atoms with Crippen molar-refractivity contribution in [3.8, 4) is 5.69 Å². The molecule has 0 bridgehead atoms. The number of rotatable bonds is 5. The molecular weight excluding hydrogens is 366 g/mol. The van der Waals surface area contributed by atoms with Gasteiger partial charge in [0.1, 0.15) is 0 Å². The Morgan fingerprint density at radius 3 is 2.33 bits per heavy atom. The zero-order valence-electron chi connectivity index (χ0n) is 15.3. The van der Waals surface area contributed by atoms with E-state index >= 15 is 0 Å². The lowest BCUT2D eigenvalue weighted by Gasteiger charge is -2.37. The molecule has 0 spiro atoms. The molecule has 2 aliphatic rings. The highest BCUT2D eigenvalue weighted by Gasteiger charge is 2.33. The molecule has 1 aromatic carbocycles. The van der Waals surface area contributed by atoms with Crippen LogP contribution in [0.5, 0.6) is 0 Å². The van der Waals surface area contributed by atoms with E-state index in [1.54, 1.807) is 14.8 Å². The van der Waals surface area contributed by atoms with Crippen LogP contribution in [0.2, 0.25) is 0 Å². The fourth-order valence-electron chi connectivity index (χ4n) is 3.58. The van der Waals surface area contributed by atoms with Gasteiger partial charge in [-0.2, -0.15) is 22.1 Å². The lowest BCUT2D eigenvalue weighted by molar-refractivity contribution is 0.0684. The Labute approximate surface area is 160 Å². The van der Waals surface area contributed by atoms with Crippen LogP contribution in [0.15, 0.2) is 42.7 Å². The Morgan fingerprint density at radius 1 is 0.926 bits per heavy atom. The van der Waals surface area contributed by atoms with Crippen LogP contribution in [0.3, 0.4) is 0 Å². The van der Waals surface area contributed by atoms with E-state index in [1.165, 1.54) is 5.56 Å². The van der Waals surface area contributed by atoms with Crippen molar-refractivity contribution in [2.75, 3.05) is 52.5 Å². The van der Waals surface area contributed by atoms with Crippen LogP contribution in [0.4, 0.5) is 0 Å². The summed E-state index contributed by atoms with van der Waals surface area (Å²) in [5, 5.41) is 4.33. The van der Waals surface area contributed by atoms with Crippen LogP contribution in [-0.2, 0) is 21.5 Å². The quantitative estimate of drug-likeness (QED) is 0.745. The second-order valence-corrected chi connectivity index (χ2v) is 8.70. The predicted octanol–water partition coefficient (Wildman–Crippen LogP) is 0.567. The summed E-state index contributed by atoms with van der Waals surface area (Å²) in [4.78, 5) is 2.30. The van der Waals surface area contributed by atoms with Gasteiger partial charge in [-0.25, -0.2) is 4.68 Å². The Balaban J connectivity index is 1.39. The Bertz CT molecular complexity index is 842. The predicted molar refractivity (Wildman–Crippen MR) is 102 cm³/mol. The molecule has 2 aliphatic heterocycles. The van der Waals surface area contributed by atoms with E-state index in [0.29, 0.717) is 39.4 Å². The summed E-state index contributed by atoms with van der Waals surface area (Å²) in [5.74, 6) is 0. The number of aromatic nitrogens is 2. The number of morpholine rings is 1. The monoisotopic (exact) mass is 391 g/mol. The van der Waals surface area contributed by atoms with Gasteiger partial charge in [0, 0.05) is 58.2 Å². The molecule has 9 heteroatoms. The first-order chi connectivity index (χ1) is 13.1. The van der Waals surface area contributed by atoms with Crippen LogP contribution < -0.4 is 0 Å². The van der Waals surface area contributed by atoms with Crippen molar-refractivity contribution in [2.24, 2.45) is 0 Å². The molecule has 0 unspecified atom stereocenters. The van der Waals surface area contributed by atoms with Gasteiger partial charge < -0.3 is 4.74 Å². The summed E-state index contributed by atoms with van der Waals surface area (Å²) in [7, 11) is -3.38. The average Bonchev–Trinajstić information content (AvgIpc) is 3.24. The summed E-state index contributed by atoms with van der Waals surface area (Å²) in [6.45, 7) is 5.09. The van der Waals surface area contributed by atoms with Crippen molar-refractivity contribution < 1.29 is 13.2 Å². The third-order valence-electron chi connectivity index (χ3n) is 5.09. The highest BCUT2D eigenvalue weighted by molar-refractivity contribution is 7.86. The van der Waals surface area contributed by atoms with Crippen LogP contribution in [0, 0.1) is 0 Å². The van der Waals surface area contributed by atoms with E-state index in [1.807, 2.05) is 29.1 Å². The first-order valence-corrected chi connectivity index (χ1v) is 10.7. The molecule has 1 aromatic heterocycles. The third kappa shape index (κ3) is 4.07. The fourth-order valence-corrected chi connectivity index (χ4v) is 5.14. The molecular formula is C18H25N5O3S. The van der Waals surface area contributed by atoms with Gasteiger partial charge in [0.05, 0.1) is 18.9 Å². The van der Waals surface area contributed by atoms with E-state index in [0.717, 1.165) is 25.3 Å². The molecule has 2 aromatic rings. The molecule has 3 heterocycles. The zero-order chi connectivity index (χ0) is 18.7. The number of hydrogen-bond acceptors (Lipinski definition) is 5. The summed E-state index contributed by atoms with van der Waals surface area (Å²) in [6.07, 6.45) is 3.71. The maximum absolute atomic E-state index is 12.8. The standard InChI is InChI=1S/C18H25N5O3S/c24-27(25,22-12-14-26-15-13-22)21-10-8-20(9-11-21)16-17-4-1-2-5-18(17)23-7-3-6-19-23/h1-7H,8-16H2. The highest BCUT2D eigenvalue weighted by Crippen LogP contribution is 2.19. The lowest BCUT2D eigenvalue weighted by atomic mass is 10.1. The van der Waals surface area contributed by atoms with Gasteiger partial charge in [-0.3, -0.25) is 4.90 Å². The maximum Gasteiger partial charge on any atom is 0.282 e. The first-order valence-electron chi connectivity index (χ1n) is 9.28. The van der Waals surface area contributed by atoms with E-state index < -0.39 is 10.2 Å². The van der Waals surface area contributed by atoms with Gasteiger partial charge in [-0.05, 0) is 17.7 Å². The first kappa shape index (κ1) is 18.6. The molecule has 0 N–H and O–H groups in total. The Kier molecular flexibility index (Phi) is 5.55. The van der Waals surface area contributed by atoms with E-state index in [2.05, 4.69) is 22.1 Å². The molecule has 2 fully saturated rings. The summed E-state index contributed by atoms with van der Waals surface area (Å²) >= 11 is 0.